The predicted molar refractivity (Wildman–Crippen MR) is 54.3 cm³/mol. The molecule has 4 saturated carbocycles. The van der Waals surface area contributed by atoms with E-state index in [1.807, 2.05) is 0 Å². The highest BCUT2D eigenvalue weighted by Crippen LogP contribution is 2.54. The fourth-order valence-electron chi connectivity index (χ4n) is 4.23. The maximum absolute atomic E-state index is 11.2. The first-order valence-electron chi connectivity index (χ1n) is 6.01. The molecule has 0 N–H and O–H groups in total. The summed E-state index contributed by atoms with van der Waals surface area (Å²) in [4.78, 5) is 11.2. The van der Waals surface area contributed by atoms with Crippen LogP contribution in [0.3, 0.4) is 0 Å². The Kier molecular flexibility index (Phi) is 2.15. The van der Waals surface area contributed by atoms with E-state index >= 15 is 0 Å². The number of carbonyl (C=O) groups excluding carboxylic acids is 1. The number of hydrogen-bond acceptors (Lipinski definition) is 3. The van der Waals surface area contributed by atoms with Crippen LogP contribution in [0.2, 0.25) is 0 Å². The van der Waals surface area contributed by atoms with Crippen molar-refractivity contribution in [1.82, 2.24) is 0 Å². The molecule has 0 aromatic carbocycles. The third-order valence-electron chi connectivity index (χ3n) is 4.54. The first kappa shape index (κ1) is 9.49. The molecule has 84 valence electrons. The van der Waals surface area contributed by atoms with Crippen LogP contribution in [0.15, 0.2) is 0 Å². The van der Waals surface area contributed by atoms with E-state index in [-0.39, 0.29) is 6.10 Å². The number of hydrogen-bond donors (Lipinski definition) is 0. The Bertz CT molecular complexity index is 246. The van der Waals surface area contributed by atoms with Gasteiger partial charge in [0.05, 0.1) is 7.11 Å². The minimum absolute atomic E-state index is 0.158. The summed E-state index contributed by atoms with van der Waals surface area (Å²) in [5.41, 5.74) is 0. The lowest BCUT2D eigenvalue weighted by atomic mass is 9.55. The predicted octanol–water partition coefficient (Wildman–Crippen LogP) is 2.59. The topological polar surface area (TPSA) is 35.5 Å². The lowest BCUT2D eigenvalue weighted by Crippen LogP contribution is -2.50. The van der Waals surface area contributed by atoms with Crippen molar-refractivity contribution < 1.29 is 14.3 Å². The molecular formula is C12H18O3. The molecule has 0 spiro atoms. The fraction of sp³-hybridized carbons (Fsp3) is 0.917. The summed E-state index contributed by atoms with van der Waals surface area (Å²) >= 11 is 0. The third-order valence-corrected chi connectivity index (χ3v) is 4.54. The maximum atomic E-state index is 11.2. The zero-order chi connectivity index (χ0) is 10.4. The molecule has 4 aliphatic rings. The van der Waals surface area contributed by atoms with Crippen molar-refractivity contribution in [2.45, 2.75) is 38.2 Å². The molecule has 4 bridgehead atoms. The molecule has 3 heteroatoms. The van der Waals surface area contributed by atoms with E-state index in [0.29, 0.717) is 11.8 Å². The molecule has 0 atom stereocenters. The van der Waals surface area contributed by atoms with Gasteiger partial charge in [0.1, 0.15) is 6.10 Å². The molecule has 3 nitrogen and oxygen atoms in total. The van der Waals surface area contributed by atoms with E-state index in [0.717, 1.165) is 11.8 Å². The molecular weight excluding hydrogens is 192 g/mol. The highest BCUT2D eigenvalue weighted by Gasteiger charge is 2.50. The summed E-state index contributed by atoms with van der Waals surface area (Å²) in [5.74, 6) is 3.09. The van der Waals surface area contributed by atoms with Gasteiger partial charge in [0.25, 0.3) is 0 Å². The molecule has 0 aromatic rings. The Hall–Kier alpha value is -0.730. The number of carbonyl (C=O) groups is 1. The fourth-order valence-corrected chi connectivity index (χ4v) is 4.23. The second-order valence-electron chi connectivity index (χ2n) is 5.47. The van der Waals surface area contributed by atoms with E-state index in [4.69, 9.17) is 4.74 Å². The summed E-state index contributed by atoms with van der Waals surface area (Å²) in [6, 6.07) is 0. The van der Waals surface area contributed by atoms with Crippen LogP contribution in [0.4, 0.5) is 4.79 Å². The Morgan fingerprint density at radius 3 is 2.00 bits per heavy atom. The zero-order valence-electron chi connectivity index (χ0n) is 9.15. The normalized spacial score (nSPS) is 46.6. The van der Waals surface area contributed by atoms with Crippen LogP contribution < -0.4 is 0 Å². The van der Waals surface area contributed by atoms with Crippen LogP contribution in [-0.2, 0) is 9.47 Å². The summed E-state index contributed by atoms with van der Waals surface area (Å²) in [6.45, 7) is 0. The Balaban J connectivity index is 1.72. The van der Waals surface area contributed by atoms with Gasteiger partial charge < -0.3 is 9.47 Å². The monoisotopic (exact) mass is 210 g/mol. The first-order valence-corrected chi connectivity index (χ1v) is 6.01. The molecule has 0 unspecified atom stereocenters. The molecule has 4 rings (SSSR count). The van der Waals surface area contributed by atoms with E-state index < -0.39 is 6.16 Å². The van der Waals surface area contributed by atoms with E-state index in [1.54, 1.807) is 0 Å². The van der Waals surface area contributed by atoms with Crippen molar-refractivity contribution >= 4 is 6.16 Å². The van der Waals surface area contributed by atoms with Gasteiger partial charge in [-0.15, -0.1) is 0 Å². The molecule has 0 aromatic heterocycles. The Labute approximate surface area is 90.1 Å². The summed E-state index contributed by atoms with van der Waals surface area (Å²) < 4.78 is 10.0. The average Bonchev–Trinajstić information content (AvgIpc) is 2.22. The van der Waals surface area contributed by atoms with Crippen LogP contribution in [0.1, 0.15) is 32.1 Å². The molecule has 0 saturated heterocycles. The van der Waals surface area contributed by atoms with Gasteiger partial charge in [0.2, 0.25) is 0 Å². The Morgan fingerprint density at radius 2 is 1.53 bits per heavy atom. The van der Waals surface area contributed by atoms with E-state index in [1.165, 1.54) is 39.2 Å². The van der Waals surface area contributed by atoms with Gasteiger partial charge in [-0.25, -0.2) is 4.79 Å². The van der Waals surface area contributed by atoms with Crippen LogP contribution in [0.25, 0.3) is 0 Å². The second-order valence-corrected chi connectivity index (χ2v) is 5.47. The van der Waals surface area contributed by atoms with Crippen molar-refractivity contribution in [3.8, 4) is 0 Å². The minimum Gasteiger partial charge on any atom is -0.438 e. The Morgan fingerprint density at radius 1 is 1.00 bits per heavy atom. The van der Waals surface area contributed by atoms with Gasteiger partial charge in [-0.2, -0.15) is 0 Å². The number of methoxy groups -OCH3 is 1. The average molecular weight is 210 g/mol. The van der Waals surface area contributed by atoms with Crippen molar-refractivity contribution in [1.29, 1.82) is 0 Å². The van der Waals surface area contributed by atoms with Crippen molar-refractivity contribution in [3.05, 3.63) is 0 Å². The zero-order valence-corrected chi connectivity index (χ0v) is 9.15. The van der Waals surface area contributed by atoms with Crippen molar-refractivity contribution in [2.75, 3.05) is 7.11 Å². The molecule has 4 aliphatic carbocycles. The first-order chi connectivity index (χ1) is 7.26. The van der Waals surface area contributed by atoms with Crippen LogP contribution in [0.5, 0.6) is 0 Å². The largest absolute Gasteiger partial charge is 0.508 e. The van der Waals surface area contributed by atoms with Gasteiger partial charge in [0.15, 0.2) is 0 Å². The lowest BCUT2D eigenvalue weighted by molar-refractivity contribution is -0.108. The van der Waals surface area contributed by atoms with E-state index in [2.05, 4.69) is 4.74 Å². The molecule has 4 fully saturated rings. The van der Waals surface area contributed by atoms with Crippen molar-refractivity contribution in [3.63, 3.8) is 0 Å². The highest BCUT2D eigenvalue weighted by molar-refractivity contribution is 5.59. The van der Waals surface area contributed by atoms with Gasteiger partial charge in [-0.3, -0.25) is 0 Å². The summed E-state index contributed by atoms with van der Waals surface area (Å²) in [6.07, 6.45) is 6.18. The minimum atomic E-state index is -0.493. The standard InChI is InChI=1S/C12H18O3/c1-14-12(13)15-11-9-3-7-2-8(5-9)6-10(11)4-7/h7-11H,2-6H2,1H3. The second kappa shape index (κ2) is 3.39. The van der Waals surface area contributed by atoms with Gasteiger partial charge >= 0.3 is 6.16 Å². The van der Waals surface area contributed by atoms with Gasteiger partial charge in [0, 0.05) is 0 Å². The molecule has 0 heterocycles. The quantitative estimate of drug-likeness (QED) is 0.624. The van der Waals surface area contributed by atoms with Crippen LogP contribution in [-0.4, -0.2) is 19.4 Å². The third kappa shape index (κ3) is 1.52. The van der Waals surface area contributed by atoms with E-state index in [9.17, 15) is 4.79 Å². The maximum Gasteiger partial charge on any atom is 0.508 e. The van der Waals surface area contributed by atoms with Crippen LogP contribution >= 0.6 is 0 Å². The smallest absolute Gasteiger partial charge is 0.438 e. The van der Waals surface area contributed by atoms with Crippen molar-refractivity contribution in [2.24, 2.45) is 23.7 Å². The number of rotatable bonds is 1. The molecule has 0 aliphatic heterocycles. The SMILES string of the molecule is COC(=O)OC1C2CC3CC(C2)CC1C3. The summed E-state index contributed by atoms with van der Waals surface area (Å²) in [7, 11) is 1.39. The molecule has 0 radical (unpaired) electrons. The summed E-state index contributed by atoms with van der Waals surface area (Å²) in [5, 5.41) is 0. The lowest BCUT2D eigenvalue weighted by Gasteiger charge is -2.53. The molecule has 0 amide bonds. The highest BCUT2D eigenvalue weighted by atomic mass is 16.7. The van der Waals surface area contributed by atoms with Gasteiger partial charge in [-0.1, -0.05) is 0 Å². The molecule has 15 heavy (non-hydrogen) atoms. The van der Waals surface area contributed by atoms with Crippen LogP contribution in [0, 0.1) is 23.7 Å². The van der Waals surface area contributed by atoms with Gasteiger partial charge in [-0.05, 0) is 55.8 Å². The number of ether oxygens (including phenoxy) is 2.